The second-order valence-corrected chi connectivity index (χ2v) is 7.03. The average molecular weight is 279 g/mol. The summed E-state index contributed by atoms with van der Waals surface area (Å²) in [6.07, 6.45) is 1.17. The second kappa shape index (κ2) is 7.32. The van der Waals surface area contributed by atoms with E-state index in [1.807, 2.05) is 0 Å². The van der Waals surface area contributed by atoms with Gasteiger partial charge in [-0.25, -0.2) is 0 Å². The van der Waals surface area contributed by atoms with E-state index in [1.54, 1.807) is 0 Å². The van der Waals surface area contributed by atoms with Crippen LogP contribution in [0, 0.1) is 6.92 Å². The van der Waals surface area contributed by atoms with Crippen molar-refractivity contribution in [3.63, 3.8) is 0 Å². The highest BCUT2D eigenvalue weighted by Crippen LogP contribution is 2.32. The SMILES string of the molecule is CCCNC(c1ccc(C)cc1)C(C)SC1COC1. The summed E-state index contributed by atoms with van der Waals surface area (Å²) in [7, 11) is 0. The molecule has 2 nitrogen and oxygen atoms in total. The Hall–Kier alpha value is -0.510. The van der Waals surface area contributed by atoms with E-state index in [0.717, 1.165) is 19.8 Å². The van der Waals surface area contributed by atoms with Crippen LogP contribution in [0.4, 0.5) is 0 Å². The molecule has 19 heavy (non-hydrogen) atoms. The van der Waals surface area contributed by atoms with E-state index in [-0.39, 0.29) is 0 Å². The van der Waals surface area contributed by atoms with E-state index < -0.39 is 0 Å². The topological polar surface area (TPSA) is 21.3 Å². The Morgan fingerprint density at radius 3 is 2.53 bits per heavy atom. The third-order valence-electron chi connectivity index (χ3n) is 3.53. The molecule has 2 atom stereocenters. The van der Waals surface area contributed by atoms with Gasteiger partial charge in [-0.15, -0.1) is 11.8 Å². The van der Waals surface area contributed by atoms with Gasteiger partial charge in [0.15, 0.2) is 0 Å². The molecule has 1 heterocycles. The van der Waals surface area contributed by atoms with E-state index in [9.17, 15) is 0 Å². The molecule has 1 aliphatic heterocycles. The maximum absolute atomic E-state index is 5.28. The van der Waals surface area contributed by atoms with Gasteiger partial charge in [0.05, 0.1) is 18.5 Å². The fourth-order valence-corrected chi connectivity index (χ4v) is 3.67. The third-order valence-corrected chi connectivity index (χ3v) is 4.89. The molecule has 1 saturated heterocycles. The molecular weight excluding hydrogens is 254 g/mol. The highest BCUT2D eigenvalue weighted by molar-refractivity contribution is 8.00. The Bertz CT molecular complexity index is 375. The molecule has 0 spiro atoms. The van der Waals surface area contributed by atoms with Gasteiger partial charge in [0, 0.05) is 11.3 Å². The van der Waals surface area contributed by atoms with Crippen LogP contribution < -0.4 is 5.32 Å². The maximum Gasteiger partial charge on any atom is 0.0608 e. The minimum Gasteiger partial charge on any atom is -0.379 e. The van der Waals surface area contributed by atoms with Crippen LogP contribution in [0.15, 0.2) is 24.3 Å². The Morgan fingerprint density at radius 1 is 1.32 bits per heavy atom. The molecule has 0 aromatic heterocycles. The number of aryl methyl sites for hydroxylation is 1. The lowest BCUT2D eigenvalue weighted by Gasteiger charge is -2.32. The first kappa shape index (κ1) is 14.9. The zero-order valence-corrected chi connectivity index (χ0v) is 13.0. The van der Waals surface area contributed by atoms with Gasteiger partial charge in [0.25, 0.3) is 0 Å². The van der Waals surface area contributed by atoms with Gasteiger partial charge in [0.1, 0.15) is 0 Å². The third kappa shape index (κ3) is 4.23. The molecule has 3 heteroatoms. The molecule has 1 N–H and O–H groups in total. The van der Waals surface area contributed by atoms with Crippen LogP contribution in [0.1, 0.15) is 37.4 Å². The van der Waals surface area contributed by atoms with Crippen LogP contribution in [0.25, 0.3) is 0 Å². The van der Waals surface area contributed by atoms with Gasteiger partial charge in [-0.2, -0.15) is 0 Å². The fourth-order valence-electron chi connectivity index (χ4n) is 2.30. The van der Waals surface area contributed by atoms with Crippen molar-refractivity contribution in [1.82, 2.24) is 5.32 Å². The van der Waals surface area contributed by atoms with Gasteiger partial charge in [-0.3, -0.25) is 0 Å². The predicted molar refractivity (Wildman–Crippen MR) is 83.9 cm³/mol. The van der Waals surface area contributed by atoms with Crippen molar-refractivity contribution in [3.8, 4) is 0 Å². The van der Waals surface area contributed by atoms with E-state index in [2.05, 4.69) is 62.1 Å². The number of thioether (sulfide) groups is 1. The lowest BCUT2D eigenvalue weighted by atomic mass is 10.0. The number of ether oxygens (including phenoxy) is 1. The summed E-state index contributed by atoms with van der Waals surface area (Å²) in [5, 5.41) is 4.96. The summed E-state index contributed by atoms with van der Waals surface area (Å²) < 4.78 is 5.28. The van der Waals surface area contributed by atoms with Crippen molar-refractivity contribution >= 4 is 11.8 Å². The molecule has 0 aliphatic carbocycles. The Labute approximate surface area is 121 Å². The largest absolute Gasteiger partial charge is 0.379 e. The molecule has 0 bridgehead atoms. The summed E-state index contributed by atoms with van der Waals surface area (Å²) in [5.41, 5.74) is 2.73. The molecule has 1 aromatic carbocycles. The number of hydrogen-bond acceptors (Lipinski definition) is 3. The van der Waals surface area contributed by atoms with Gasteiger partial charge in [0.2, 0.25) is 0 Å². The molecule has 0 amide bonds. The normalized spacial score (nSPS) is 18.9. The fraction of sp³-hybridized carbons (Fsp3) is 0.625. The van der Waals surface area contributed by atoms with Crippen molar-refractivity contribution in [1.29, 1.82) is 0 Å². The first-order valence-corrected chi connectivity index (χ1v) is 8.18. The molecule has 2 rings (SSSR count). The van der Waals surface area contributed by atoms with Gasteiger partial charge in [-0.1, -0.05) is 43.7 Å². The molecule has 1 aliphatic rings. The van der Waals surface area contributed by atoms with Crippen molar-refractivity contribution in [2.24, 2.45) is 0 Å². The van der Waals surface area contributed by atoms with Gasteiger partial charge in [-0.05, 0) is 25.5 Å². The van der Waals surface area contributed by atoms with Crippen molar-refractivity contribution < 1.29 is 4.74 Å². The van der Waals surface area contributed by atoms with Crippen molar-refractivity contribution in [2.75, 3.05) is 19.8 Å². The van der Waals surface area contributed by atoms with E-state index in [1.165, 1.54) is 17.5 Å². The van der Waals surface area contributed by atoms with Crippen molar-refractivity contribution in [3.05, 3.63) is 35.4 Å². The van der Waals surface area contributed by atoms with Crippen LogP contribution in [0.5, 0.6) is 0 Å². The number of nitrogens with one attached hydrogen (secondary N) is 1. The molecule has 0 saturated carbocycles. The molecule has 2 unspecified atom stereocenters. The zero-order valence-electron chi connectivity index (χ0n) is 12.2. The number of hydrogen-bond donors (Lipinski definition) is 1. The Balaban J connectivity index is 2.02. The van der Waals surface area contributed by atoms with Crippen LogP contribution in [0.3, 0.4) is 0 Å². The van der Waals surface area contributed by atoms with Crippen LogP contribution >= 0.6 is 11.8 Å². The zero-order chi connectivity index (χ0) is 13.7. The minimum atomic E-state index is 0.436. The highest BCUT2D eigenvalue weighted by Gasteiger charge is 2.26. The van der Waals surface area contributed by atoms with Crippen LogP contribution in [-0.2, 0) is 4.74 Å². The predicted octanol–water partition coefficient (Wildman–Crippen LogP) is 3.56. The minimum absolute atomic E-state index is 0.436. The van der Waals surface area contributed by atoms with Crippen LogP contribution in [-0.4, -0.2) is 30.3 Å². The highest BCUT2D eigenvalue weighted by atomic mass is 32.2. The maximum atomic E-state index is 5.28. The number of benzene rings is 1. The van der Waals surface area contributed by atoms with Crippen LogP contribution in [0.2, 0.25) is 0 Å². The smallest absolute Gasteiger partial charge is 0.0608 e. The number of rotatable bonds is 7. The molecule has 0 radical (unpaired) electrons. The first-order chi connectivity index (χ1) is 9.20. The lowest BCUT2D eigenvalue weighted by molar-refractivity contribution is 0.0452. The average Bonchev–Trinajstić information content (AvgIpc) is 2.36. The summed E-state index contributed by atoms with van der Waals surface area (Å²) in [4.78, 5) is 0. The standard InChI is InChI=1S/C16H25NOS/c1-4-9-17-16(13(3)19-15-10-18-11-15)14-7-5-12(2)6-8-14/h5-8,13,15-17H,4,9-11H2,1-3H3. The molecule has 1 fully saturated rings. The van der Waals surface area contributed by atoms with E-state index >= 15 is 0 Å². The Morgan fingerprint density at radius 2 is 2.00 bits per heavy atom. The molecule has 1 aromatic rings. The summed E-state index contributed by atoms with van der Waals surface area (Å²) in [5.74, 6) is 0. The van der Waals surface area contributed by atoms with Gasteiger partial charge >= 0.3 is 0 Å². The monoisotopic (exact) mass is 279 g/mol. The quantitative estimate of drug-likeness (QED) is 0.824. The Kier molecular flexibility index (Phi) is 5.74. The summed E-state index contributed by atoms with van der Waals surface area (Å²) in [6.45, 7) is 9.60. The molecule has 106 valence electrons. The molecular formula is C16H25NOS. The summed E-state index contributed by atoms with van der Waals surface area (Å²) in [6, 6.07) is 9.37. The van der Waals surface area contributed by atoms with E-state index in [0.29, 0.717) is 16.5 Å². The lowest BCUT2D eigenvalue weighted by Crippen LogP contribution is -2.36. The summed E-state index contributed by atoms with van der Waals surface area (Å²) >= 11 is 2.06. The second-order valence-electron chi connectivity index (χ2n) is 5.34. The first-order valence-electron chi connectivity index (χ1n) is 7.24. The van der Waals surface area contributed by atoms with E-state index in [4.69, 9.17) is 4.74 Å². The van der Waals surface area contributed by atoms with Crippen molar-refractivity contribution in [2.45, 2.75) is 43.7 Å². The van der Waals surface area contributed by atoms with Gasteiger partial charge < -0.3 is 10.1 Å².